The van der Waals surface area contributed by atoms with Gasteiger partial charge in [-0.3, -0.25) is 14.1 Å². The second-order valence-electron chi connectivity index (χ2n) is 9.17. The van der Waals surface area contributed by atoms with Crippen LogP contribution in [0.25, 0.3) is 5.65 Å². The van der Waals surface area contributed by atoms with Gasteiger partial charge in [-0.15, -0.1) is 0 Å². The van der Waals surface area contributed by atoms with Gasteiger partial charge in [0.15, 0.2) is 5.78 Å². The van der Waals surface area contributed by atoms with Crippen LogP contribution in [0.3, 0.4) is 0 Å². The Kier molecular flexibility index (Phi) is 6.83. The van der Waals surface area contributed by atoms with E-state index in [1.165, 1.54) is 6.07 Å². The van der Waals surface area contributed by atoms with Crippen molar-refractivity contribution in [1.82, 2.24) is 14.3 Å². The first-order valence-electron chi connectivity index (χ1n) is 11.9. The number of rotatable bonds is 5. The van der Waals surface area contributed by atoms with Gasteiger partial charge in [0.2, 0.25) is 0 Å². The molecule has 8 heteroatoms. The summed E-state index contributed by atoms with van der Waals surface area (Å²) in [7, 11) is 0. The van der Waals surface area contributed by atoms with E-state index in [-0.39, 0.29) is 24.3 Å². The molecule has 1 fully saturated rings. The lowest BCUT2D eigenvalue weighted by molar-refractivity contribution is -0.138. The molecule has 3 heterocycles. The first-order chi connectivity index (χ1) is 17.8. The van der Waals surface area contributed by atoms with E-state index in [4.69, 9.17) is 0 Å². The van der Waals surface area contributed by atoms with Gasteiger partial charge in [-0.25, -0.2) is 4.98 Å². The van der Waals surface area contributed by atoms with E-state index >= 15 is 0 Å². The van der Waals surface area contributed by atoms with Crippen LogP contribution in [0.15, 0.2) is 73.1 Å². The summed E-state index contributed by atoms with van der Waals surface area (Å²) in [4.78, 5) is 19.1. The Labute approximate surface area is 212 Å². The molecule has 0 amide bonds. The maximum Gasteiger partial charge on any atom is 0.416 e. The number of likely N-dealkylation sites (tertiary alicyclic amines) is 1. The van der Waals surface area contributed by atoms with Crippen LogP contribution in [0, 0.1) is 11.8 Å². The Hall–Kier alpha value is -3.93. The van der Waals surface area contributed by atoms with Crippen LogP contribution in [0.2, 0.25) is 0 Å². The molecular weight excluding hydrogens is 479 g/mol. The number of aliphatic hydroxyl groups excluding tert-OH is 1. The first kappa shape index (κ1) is 24.8. The number of carbonyl (C=O) groups excluding carboxylic acids is 1. The molecule has 0 aliphatic carbocycles. The number of ketones is 1. The zero-order valence-electron chi connectivity index (χ0n) is 19.9. The topological polar surface area (TPSA) is 57.8 Å². The van der Waals surface area contributed by atoms with Crippen LogP contribution >= 0.6 is 0 Å². The maximum atomic E-state index is 13.8. The van der Waals surface area contributed by atoms with Crippen molar-refractivity contribution in [1.29, 1.82) is 0 Å². The minimum atomic E-state index is -4.54. The summed E-state index contributed by atoms with van der Waals surface area (Å²) in [6.07, 6.45) is -1.12. The number of carbonyl (C=O) groups is 1. The summed E-state index contributed by atoms with van der Waals surface area (Å²) in [5.74, 6) is 5.80. The standard InChI is InChI=1S/C29H24F3N3O2/c30-29(31,32)26-15-21(7-9-23(26)18-34-13-11-25(36)19-34)16-27(37)22-5-3-4-20(14-22)8-10-24-17-33-28-6-1-2-12-35(24)28/h1-7,9,12,14-15,17,25,36H,11,13,16,18-19H2/t25-/m1/s1. The van der Waals surface area contributed by atoms with Gasteiger partial charge < -0.3 is 5.11 Å². The number of fused-ring (bicyclic) bond motifs is 1. The molecule has 5 nitrogen and oxygen atoms in total. The second kappa shape index (κ2) is 10.2. The predicted molar refractivity (Wildman–Crippen MR) is 133 cm³/mol. The number of alkyl halides is 3. The van der Waals surface area contributed by atoms with Gasteiger partial charge in [0, 0.05) is 43.4 Å². The van der Waals surface area contributed by atoms with E-state index < -0.39 is 17.8 Å². The van der Waals surface area contributed by atoms with Crippen molar-refractivity contribution in [3.05, 3.63) is 107 Å². The lowest BCUT2D eigenvalue weighted by atomic mass is 9.97. The van der Waals surface area contributed by atoms with Crippen LogP contribution in [-0.2, 0) is 19.1 Å². The molecule has 1 saturated heterocycles. The third-order valence-electron chi connectivity index (χ3n) is 6.42. The van der Waals surface area contributed by atoms with E-state index in [1.54, 1.807) is 41.4 Å². The van der Waals surface area contributed by atoms with Crippen LogP contribution < -0.4 is 0 Å². The van der Waals surface area contributed by atoms with E-state index in [0.717, 1.165) is 11.7 Å². The molecule has 0 spiro atoms. The third-order valence-corrected chi connectivity index (χ3v) is 6.42. The van der Waals surface area contributed by atoms with Crippen LogP contribution in [0.5, 0.6) is 0 Å². The fourth-order valence-electron chi connectivity index (χ4n) is 4.55. The Morgan fingerprint density at radius 1 is 1.08 bits per heavy atom. The van der Waals surface area contributed by atoms with Crippen molar-refractivity contribution in [2.24, 2.45) is 0 Å². The summed E-state index contributed by atoms with van der Waals surface area (Å²) in [6, 6.07) is 16.5. The molecule has 4 aromatic rings. The molecule has 2 aromatic carbocycles. The van der Waals surface area contributed by atoms with Gasteiger partial charge in [0.1, 0.15) is 11.3 Å². The van der Waals surface area contributed by atoms with E-state index in [0.29, 0.717) is 41.9 Å². The maximum absolute atomic E-state index is 13.8. The lowest BCUT2D eigenvalue weighted by Crippen LogP contribution is -2.23. The molecule has 0 bridgehead atoms. The zero-order valence-corrected chi connectivity index (χ0v) is 19.9. The summed E-state index contributed by atoms with van der Waals surface area (Å²) in [5.41, 5.74) is 2.18. The molecule has 0 radical (unpaired) electrons. The number of benzene rings is 2. The van der Waals surface area contributed by atoms with Gasteiger partial charge in [-0.05, 0) is 53.8 Å². The fourth-order valence-corrected chi connectivity index (χ4v) is 4.55. The van der Waals surface area contributed by atoms with Gasteiger partial charge >= 0.3 is 6.18 Å². The van der Waals surface area contributed by atoms with E-state index in [9.17, 15) is 23.1 Å². The summed E-state index contributed by atoms with van der Waals surface area (Å²) >= 11 is 0. The average molecular weight is 504 g/mol. The number of hydrogen-bond donors (Lipinski definition) is 1. The van der Waals surface area contributed by atoms with E-state index in [1.807, 2.05) is 28.8 Å². The molecule has 1 atom stereocenters. The Bertz CT molecular complexity index is 1510. The van der Waals surface area contributed by atoms with Crippen molar-refractivity contribution >= 4 is 11.4 Å². The van der Waals surface area contributed by atoms with Crippen molar-refractivity contribution in [3.63, 3.8) is 0 Å². The number of pyridine rings is 1. The van der Waals surface area contributed by atoms with Crippen molar-refractivity contribution in [2.75, 3.05) is 13.1 Å². The fraction of sp³-hybridized carbons (Fsp3) is 0.241. The second-order valence-corrected chi connectivity index (χ2v) is 9.17. The van der Waals surface area contributed by atoms with Crippen LogP contribution in [0.1, 0.15) is 44.7 Å². The third kappa shape index (κ3) is 5.74. The highest BCUT2D eigenvalue weighted by Crippen LogP contribution is 2.34. The van der Waals surface area contributed by atoms with Gasteiger partial charge in [0.05, 0.1) is 17.9 Å². The first-order valence-corrected chi connectivity index (χ1v) is 11.9. The van der Waals surface area contributed by atoms with E-state index in [2.05, 4.69) is 16.8 Å². The van der Waals surface area contributed by atoms with Crippen LogP contribution in [-0.4, -0.2) is 44.4 Å². The number of hydrogen-bond acceptors (Lipinski definition) is 4. The molecule has 1 aliphatic heterocycles. The number of nitrogens with zero attached hydrogens (tertiary/aromatic N) is 3. The van der Waals surface area contributed by atoms with Gasteiger partial charge in [-0.1, -0.05) is 36.3 Å². The SMILES string of the molecule is O=C(Cc1ccc(CN2CC[C@@H](O)C2)c(C(F)(F)F)c1)c1cccc(C#Cc2cnc3ccccn23)c1. The number of Topliss-reactive ketones (excluding diaryl/α,β-unsaturated/α-hetero) is 1. The van der Waals surface area contributed by atoms with Crippen molar-refractivity contribution < 1.29 is 23.1 Å². The quantitative estimate of drug-likeness (QED) is 0.316. The molecular formula is C29H24F3N3O2. The molecule has 0 saturated carbocycles. The normalized spacial score (nSPS) is 16.1. The van der Waals surface area contributed by atoms with Crippen LogP contribution in [0.4, 0.5) is 13.2 Å². The average Bonchev–Trinajstić information content (AvgIpc) is 3.48. The smallest absolute Gasteiger partial charge is 0.392 e. The highest BCUT2D eigenvalue weighted by atomic mass is 19.4. The number of β-amino-alcohol motifs (C(OH)–C–C–N with tert-alkyl or cyclic N) is 1. The molecule has 0 unspecified atom stereocenters. The van der Waals surface area contributed by atoms with Gasteiger partial charge in [-0.2, -0.15) is 13.2 Å². The molecule has 37 heavy (non-hydrogen) atoms. The molecule has 5 rings (SSSR count). The summed E-state index contributed by atoms with van der Waals surface area (Å²) in [5, 5.41) is 9.69. The summed E-state index contributed by atoms with van der Waals surface area (Å²) < 4.78 is 43.3. The Morgan fingerprint density at radius 3 is 2.73 bits per heavy atom. The van der Waals surface area contributed by atoms with Gasteiger partial charge in [0.25, 0.3) is 0 Å². The largest absolute Gasteiger partial charge is 0.416 e. The molecule has 188 valence electrons. The minimum Gasteiger partial charge on any atom is -0.392 e. The molecule has 1 N–H and O–H groups in total. The molecule has 2 aromatic heterocycles. The Balaban J connectivity index is 1.33. The monoisotopic (exact) mass is 503 g/mol. The number of halogens is 3. The van der Waals surface area contributed by atoms with Crippen molar-refractivity contribution in [2.45, 2.75) is 31.7 Å². The number of imidazole rings is 1. The molecule has 1 aliphatic rings. The zero-order chi connectivity index (χ0) is 26.0. The predicted octanol–water partition coefficient (Wildman–Crippen LogP) is 4.74. The minimum absolute atomic E-state index is 0.104. The highest BCUT2D eigenvalue weighted by molar-refractivity contribution is 5.97. The lowest BCUT2D eigenvalue weighted by Gasteiger charge is -2.20. The number of aromatic nitrogens is 2. The van der Waals surface area contributed by atoms with Crippen molar-refractivity contribution in [3.8, 4) is 11.8 Å². The highest BCUT2D eigenvalue weighted by Gasteiger charge is 2.34. The number of aliphatic hydroxyl groups is 1. The summed E-state index contributed by atoms with van der Waals surface area (Å²) in [6.45, 7) is 1.01. The Morgan fingerprint density at radius 2 is 1.95 bits per heavy atom.